The minimum absolute atomic E-state index is 0.239. The van der Waals surface area contributed by atoms with Gasteiger partial charge in [0.15, 0.2) is 0 Å². The summed E-state index contributed by atoms with van der Waals surface area (Å²) in [5.41, 5.74) is 3.60. The maximum absolute atomic E-state index is 13.6. The summed E-state index contributed by atoms with van der Waals surface area (Å²) in [5.74, 6) is -0.948. The lowest BCUT2D eigenvalue weighted by Crippen LogP contribution is -2.63. The molecule has 0 bridgehead atoms. The van der Waals surface area contributed by atoms with Crippen LogP contribution in [0.25, 0.3) is 0 Å². The molecule has 1 fully saturated rings. The zero-order valence-corrected chi connectivity index (χ0v) is 16.6. The average Bonchev–Trinajstić information content (AvgIpc) is 2.94. The predicted octanol–water partition coefficient (Wildman–Crippen LogP) is 1.67. The molecule has 0 saturated heterocycles. The standard InChI is InChI=1S/C19H36N2O4/c1-17(2,3)13(11-22)21(14(12-23)18(4,5)6)16(25)19(15(20)24)9-7-8-10-19/h13-14,22-23H,7-12H2,1-6H3,(H2,20,24). The third kappa shape index (κ3) is 4.34. The second kappa shape index (κ2) is 7.62. The van der Waals surface area contributed by atoms with Gasteiger partial charge in [0.05, 0.1) is 25.3 Å². The van der Waals surface area contributed by atoms with Gasteiger partial charge in [-0.25, -0.2) is 0 Å². The van der Waals surface area contributed by atoms with Gasteiger partial charge in [-0.15, -0.1) is 0 Å². The molecule has 0 heterocycles. The van der Waals surface area contributed by atoms with Crippen molar-refractivity contribution in [3.63, 3.8) is 0 Å². The van der Waals surface area contributed by atoms with Crippen molar-refractivity contribution in [3.8, 4) is 0 Å². The molecule has 1 rings (SSSR count). The molecule has 6 heteroatoms. The normalized spacial score (nSPS) is 20.2. The average molecular weight is 357 g/mol. The van der Waals surface area contributed by atoms with Crippen molar-refractivity contribution in [1.82, 2.24) is 4.90 Å². The van der Waals surface area contributed by atoms with Crippen LogP contribution >= 0.6 is 0 Å². The van der Waals surface area contributed by atoms with Crippen LogP contribution in [-0.4, -0.2) is 52.2 Å². The molecule has 0 spiro atoms. The summed E-state index contributed by atoms with van der Waals surface area (Å²) in [4.78, 5) is 27.4. The van der Waals surface area contributed by atoms with Gasteiger partial charge < -0.3 is 20.8 Å². The Hall–Kier alpha value is -1.14. The number of aliphatic hydroxyl groups is 2. The molecule has 0 aromatic carbocycles. The van der Waals surface area contributed by atoms with E-state index >= 15 is 0 Å². The number of carbonyl (C=O) groups excluding carboxylic acids is 2. The van der Waals surface area contributed by atoms with Crippen molar-refractivity contribution in [1.29, 1.82) is 0 Å². The Labute approximate surface area is 151 Å². The fraction of sp³-hybridized carbons (Fsp3) is 0.895. The van der Waals surface area contributed by atoms with E-state index in [1.165, 1.54) is 0 Å². The largest absolute Gasteiger partial charge is 0.394 e. The lowest BCUT2D eigenvalue weighted by molar-refractivity contribution is -0.161. The maximum Gasteiger partial charge on any atom is 0.238 e. The van der Waals surface area contributed by atoms with Crippen LogP contribution < -0.4 is 5.73 Å². The van der Waals surface area contributed by atoms with Crippen LogP contribution in [-0.2, 0) is 9.59 Å². The zero-order valence-electron chi connectivity index (χ0n) is 16.6. The Kier molecular flexibility index (Phi) is 6.68. The van der Waals surface area contributed by atoms with Crippen LogP contribution in [0.15, 0.2) is 0 Å². The number of hydrogen-bond acceptors (Lipinski definition) is 4. The van der Waals surface area contributed by atoms with Crippen molar-refractivity contribution in [3.05, 3.63) is 0 Å². The first-order valence-corrected chi connectivity index (χ1v) is 9.17. The van der Waals surface area contributed by atoms with E-state index in [2.05, 4.69) is 0 Å². The van der Waals surface area contributed by atoms with Gasteiger partial charge in [-0.3, -0.25) is 9.59 Å². The predicted molar refractivity (Wildman–Crippen MR) is 97.6 cm³/mol. The van der Waals surface area contributed by atoms with Crippen LogP contribution in [0.2, 0.25) is 0 Å². The second-order valence-electron chi connectivity index (χ2n) is 9.49. The molecule has 4 N–H and O–H groups in total. The van der Waals surface area contributed by atoms with Crippen molar-refractivity contribution in [2.75, 3.05) is 13.2 Å². The van der Waals surface area contributed by atoms with Crippen LogP contribution in [0.1, 0.15) is 67.2 Å². The van der Waals surface area contributed by atoms with Crippen LogP contribution in [0.3, 0.4) is 0 Å². The molecule has 25 heavy (non-hydrogen) atoms. The lowest BCUT2D eigenvalue weighted by atomic mass is 9.76. The van der Waals surface area contributed by atoms with Crippen LogP contribution in [0.4, 0.5) is 0 Å². The van der Waals surface area contributed by atoms with Gasteiger partial charge in [0.2, 0.25) is 11.8 Å². The van der Waals surface area contributed by atoms with Gasteiger partial charge in [0, 0.05) is 0 Å². The number of nitrogens with two attached hydrogens (primary N) is 1. The van der Waals surface area contributed by atoms with E-state index in [9.17, 15) is 19.8 Å². The van der Waals surface area contributed by atoms with E-state index in [0.717, 1.165) is 12.8 Å². The van der Waals surface area contributed by atoms with Crippen molar-refractivity contribution in [2.45, 2.75) is 79.3 Å². The van der Waals surface area contributed by atoms with E-state index in [1.54, 1.807) is 4.90 Å². The molecule has 2 atom stereocenters. The number of aliphatic hydroxyl groups excluding tert-OH is 2. The molecule has 0 radical (unpaired) electrons. The topological polar surface area (TPSA) is 104 Å². The summed E-state index contributed by atoms with van der Waals surface area (Å²) in [6.45, 7) is 11.2. The van der Waals surface area contributed by atoms with Crippen molar-refractivity contribution < 1.29 is 19.8 Å². The van der Waals surface area contributed by atoms with Gasteiger partial charge in [0.1, 0.15) is 5.41 Å². The van der Waals surface area contributed by atoms with E-state index in [0.29, 0.717) is 12.8 Å². The first-order chi connectivity index (χ1) is 11.3. The maximum atomic E-state index is 13.6. The lowest BCUT2D eigenvalue weighted by Gasteiger charge is -2.49. The quantitative estimate of drug-likeness (QED) is 0.630. The highest BCUT2D eigenvalue weighted by Crippen LogP contribution is 2.43. The number of carbonyl (C=O) groups is 2. The Morgan fingerprint density at radius 3 is 1.56 bits per heavy atom. The molecule has 0 aromatic heterocycles. The zero-order chi connectivity index (χ0) is 19.6. The summed E-state index contributed by atoms with van der Waals surface area (Å²) < 4.78 is 0. The molecule has 2 unspecified atom stereocenters. The third-order valence-corrected chi connectivity index (χ3v) is 5.59. The molecule has 0 aromatic rings. The fourth-order valence-corrected chi connectivity index (χ4v) is 3.85. The minimum Gasteiger partial charge on any atom is -0.394 e. The first-order valence-electron chi connectivity index (χ1n) is 9.17. The highest BCUT2D eigenvalue weighted by molar-refractivity contribution is 6.05. The monoisotopic (exact) mass is 356 g/mol. The summed E-state index contributed by atoms with van der Waals surface area (Å²) >= 11 is 0. The molecule has 1 aliphatic rings. The molecule has 146 valence electrons. The number of rotatable bonds is 6. The Balaban J connectivity index is 3.49. The highest BCUT2D eigenvalue weighted by Gasteiger charge is 2.53. The first kappa shape index (κ1) is 21.9. The highest BCUT2D eigenvalue weighted by atomic mass is 16.3. The molecular weight excluding hydrogens is 320 g/mol. The SMILES string of the molecule is CC(C)(C)C(CO)N(C(=O)C1(C(N)=O)CCCC1)C(CO)C(C)(C)C. The van der Waals surface area contributed by atoms with E-state index < -0.39 is 34.2 Å². The molecule has 1 aliphatic carbocycles. The van der Waals surface area contributed by atoms with Gasteiger partial charge in [0.25, 0.3) is 0 Å². The number of hydrogen-bond donors (Lipinski definition) is 3. The molecule has 6 nitrogen and oxygen atoms in total. The smallest absolute Gasteiger partial charge is 0.238 e. The number of amides is 2. The Bertz CT molecular complexity index is 463. The van der Waals surface area contributed by atoms with Crippen molar-refractivity contribution >= 4 is 11.8 Å². The summed E-state index contributed by atoms with van der Waals surface area (Å²) in [7, 11) is 0. The van der Waals surface area contributed by atoms with Crippen molar-refractivity contribution in [2.24, 2.45) is 22.0 Å². The van der Waals surface area contributed by atoms with Gasteiger partial charge in [-0.05, 0) is 23.7 Å². The summed E-state index contributed by atoms with van der Waals surface area (Å²) in [6.07, 6.45) is 2.42. The Morgan fingerprint density at radius 1 is 0.960 bits per heavy atom. The third-order valence-electron chi connectivity index (χ3n) is 5.59. The summed E-state index contributed by atoms with van der Waals surface area (Å²) in [6, 6.07) is -1.04. The minimum atomic E-state index is -1.22. The van der Waals surface area contributed by atoms with E-state index in [4.69, 9.17) is 5.73 Å². The molecule has 1 saturated carbocycles. The summed E-state index contributed by atoms with van der Waals surface area (Å²) in [5, 5.41) is 20.1. The molecular formula is C19H36N2O4. The molecule has 0 aliphatic heterocycles. The van der Waals surface area contributed by atoms with E-state index in [-0.39, 0.29) is 19.1 Å². The number of nitrogens with zero attached hydrogens (tertiary/aromatic N) is 1. The van der Waals surface area contributed by atoms with Gasteiger partial charge >= 0.3 is 0 Å². The van der Waals surface area contributed by atoms with Crippen LogP contribution in [0.5, 0.6) is 0 Å². The van der Waals surface area contributed by atoms with Gasteiger partial charge in [-0.1, -0.05) is 54.4 Å². The van der Waals surface area contributed by atoms with Crippen LogP contribution in [0, 0.1) is 16.2 Å². The van der Waals surface area contributed by atoms with E-state index in [1.807, 2.05) is 41.5 Å². The van der Waals surface area contributed by atoms with Gasteiger partial charge in [-0.2, -0.15) is 0 Å². The second-order valence-corrected chi connectivity index (χ2v) is 9.49. The Morgan fingerprint density at radius 2 is 1.32 bits per heavy atom. The fourth-order valence-electron chi connectivity index (χ4n) is 3.85. The molecule has 2 amide bonds. The number of primary amides is 1.